The maximum absolute atomic E-state index is 11.9. The molecule has 1 fully saturated rings. The van der Waals surface area contributed by atoms with Gasteiger partial charge in [0.1, 0.15) is 11.7 Å². The molecule has 0 bridgehead atoms. The van der Waals surface area contributed by atoms with Crippen molar-refractivity contribution in [3.8, 4) is 0 Å². The van der Waals surface area contributed by atoms with Gasteiger partial charge in [-0.2, -0.15) is 0 Å². The fraction of sp³-hybridized carbons (Fsp3) is 0.846. The van der Waals surface area contributed by atoms with Crippen molar-refractivity contribution in [3.05, 3.63) is 0 Å². The zero-order valence-corrected chi connectivity index (χ0v) is 11.9. The maximum atomic E-state index is 11.9. The molecule has 0 saturated carbocycles. The highest BCUT2D eigenvalue weighted by molar-refractivity contribution is 5.85. The number of hydrogen-bond donors (Lipinski definition) is 0. The minimum atomic E-state index is -0.522. The Morgan fingerprint density at radius 2 is 1.94 bits per heavy atom. The molecule has 0 aromatic heterocycles. The second-order valence-corrected chi connectivity index (χ2v) is 5.84. The van der Waals surface area contributed by atoms with Crippen LogP contribution in [0.3, 0.4) is 0 Å². The first-order chi connectivity index (χ1) is 8.20. The average molecular weight is 257 g/mol. The molecular formula is C13H23NO4. The molecule has 5 nitrogen and oxygen atoms in total. The number of carbonyl (C=O) groups excluding carboxylic acids is 2. The van der Waals surface area contributed by atoms with Crippen LogP contribution in [-0.2, 0) is 14.3 Å². The summed E-state index contributed by atoms with van der Waals surface area (Å²) in [7, 11) is 0. The van der Waals surface area contributed by atoms with Gasteiger partial charge in [0, 0.05) is 12.5 Å². The zero-order valence-electron chi connectivity index (χ0n) is 11.9. The number of nitrogens with zero attached hydrogens (tertiary/aromatic N) is 1. The highest BCUT2D eigenvalue weighted by atomic mass is 16.6. The molecule has 18 heavy (non-hydrogen) atoms. The van der Waals surface area contributed by atoms with E-state index in [0.717, 1.165) is 0 Å². The molecule has 1 rings (SSSR count). The number of ether oxygens (including phenoxy) is 2. The van der Waals surface area contributed by atoms with Gasteiger partial charge in [0.25, 0.3) is 0 Å². The first-order valence-corrected chi connectivity index (χ1v) is 6.34. The second-order valence-electron chi connectivity index (χ2n) is 5.84. The standard InChI is InChI=1S/C13H23NO4/c1-9(2)11(15)10-8-14(6-7-17-10)12(16)18-13(3,4)5/h9-10H,6-8H2,1-5H3/t10-/m0/s1. The number of rotatable bonds is 2. The second kappa shape index (κ2) is 5.69. The molecule has 0 N–H and O–H groups in total. The first-order valence-electron chi connectivity index (χ1n) is 6.34. The van der Waals surface area contributed by atoms with Crippen molar-refractivity contribution in [1.82, 2.24) is 4.90 Å². The summed E-state index contributed by atoms with van der Waals surface area (Å²) in [5.74, 6) is -0.0585. The van der Waals surface area contributed by atoms with Crippen LogP contribution in [0.1, 0.15) is 34.6 Å². The lowest BCUT2D eigenvalue weighted by atomic mass is 10.0. The molecule has 0 aromatic rings. The van der Waals surface area contributed by atoms with Gasteiger partial charge in [-0.05, 0) is 20.8 Å². The Morgan fingerprint density at radius 1 is 1.33 bits per heavy atom. The minimum Gasteiger partial charge on any atom is -0.444 e. The summed E-state index contributed by atoms with van der Waals surface area (Å²) in [6.45, 7) is 10.3. The Kier molecular flexibility index (Phi) is 4.73. The van der Waals surface area contributed by atoms with Crippen molar-refractivity contribution in [1.29, 1.82) is 0 Å². The molecule has 0 unspecified atom stereocenters. The minimum absolute atomic E-state index is 0.0308. The van der Waals surface area contributed by atoms with Crippen LogP contribution in [0, 0.1) is 5.92 Å². The highest BCUT2D eigenvalue weighted by Gasteiger charge is 2.32. The van der Waals surface area contributed by atoms with E-state index in [4.69, 9.17) is 9.47 Å². The van der Waals surface area contributed by atoms with Gasteiger partial charge in [-0.1, -0.05) is 13.8 Å². The molecule has 1 aliphatic rings. The van der Waals surface area contributed by atoms with Gasteiger partial charge in [0.15, 0.2) is 5.78 Å². The Morgan fingerprint density at radius 3 is 2.44 bits per heavy atom. The van der Waals surface area contributed by atoms with Crippen molar-refractivity contribution < 1.29 is 19.1 Å². The van der Waals surface area contributed by atoms with Gasteiger partial charge < -0.3 is 14.4 Å². The van der Waals surface area contributed by atoms with E-state index in [2.05, 4.69) is 0 Å². The summed E-state index contributed by atoms with van der Waals surface area (Å²) in [6.07, 6.45) is -0.904. The molecule has 0 radical (unpaired) electrons. The van der Waals surface area contributed by atoms with E-state index in [9.17, 15) is 9.59 Å². The van der Waals surface area contributed by atoms with E-state index < -0.39 is 11.7 Å². The van der Waals surface area contributed by atoms with Crippen LogP contribution in [0.5, 0.6) is 0 Å². The number of Topliss-reactive ketones (excluding diaryl/α,β-unsaturated/α-hetero) is 1. The quantitative estimate of drug-likeness (QED) is 0.757. The van der Waals surface area contributed by atoms with Crippen LogP contribution in [0.25, 0.3) is 0 Å². The molecule has 104 valence electrons. The Bertz CT molecular complexity index is 319. The molecule has 1 amide bonds. The summed E-state index contributed by atoms with van der Waals surface area (Å²) >= 11 is 0. The molecule has 1 saturated heterocycles. The molecule has 0 spiro atoms. The lowest BCUT2D eigenvalue weighted by molar-refractivity contribution is -0.138. The van der Waals surface area contributed by atoms with Crippen LogP contribution in [0.15, 0.2) is 0 Å². The smallest absolute Gasteiger partial charge is 0.410 e. The molecule has 1 heterocycles. The summed E-state index contributed by atoms with van der Waals surface area (Å²) in [6, 6.07) is 0. The molecular weight excluding hydrogens is 234 g/mol. The highest BCUT2D eigenvalue weighted by Crippen LogP contribution is 2.15. The number of morpholine rings is 1. The van der Waals surface area contributed by atoms with Gasteiger partial charge in [-0.15, -0.1) is 0 Å². The van der Waals surface area contributed by atoms with E-state index in [-0.39, 0.29) is 24.3 Å². The van der Waals surface area contributed by atoms with E-state index in [0.29, 0.717) is 13.2 Å². The third kappa shape index (κ3) is 4.29. The predicted octanol–water partition coefficient (Wildman–Crippen LogP) is 1.85. The Hall–Kier alpha value is -1.10. The number of amides is 1. The summed E-state index contributed by atoms with van der Waals surface area (Å²) in [5, 5.41) is 0. The first kappa shape index (κ1) is 15.0. The lowest BCUT2D eigenvalue weighted by Gasteiger charge is -2.34. The van der Waals surface area contributed by atoms with E-state index >= 15 is 0 Å². The van der Waals surface area contributed by atoms with Gasteiger partial charge >= 0.3 is 6.09 Å². The normalized spacial score (nSPS) is 21.0. The Balaban J connectivity index is 2.59. The van der Waals surface area contributed by atoms with E-state index in [1.807, 2.05) is 34.6 Å². The van der Waals surface area contributed by atoms with Gasteiger partial charge in [-0.3, -0.25) is 4.79 Å². The molecule has 0 aromatic carbocycles. The van der Waals surface area contributed by atoms with Crippen molar-refractivity contribution >= 4 is 11.9 Å². The van der Waals surface area contributed by atoms with Crippen molar-refractivity contribution in [2.24, 2.45) is 5.92 Å². The molecule has 1 atom stereocenters. The van der Waals surface area contributed by atoms with Crippen LogP contribution < -0.4 is 0 Å². The van der Waals surface area contributed by atoms with Gasteiger partial charge in [0.05, 0.1) is 13.2 Å². The monoisotopic (exact) mass is 257 g/mol. The van der Waals surface area contributed by atoms with E-state index in [1.54, 1.807) is 4.90 Å². The largest absolute Gasteiger partial charge is 0.444 e. The maximum Gasteiger partial charge on any atom is 0.410 e. The van der Waals surface area contributed by atoms with Crippen molar-refractivity contribution in [2.45, 2.75) is 46.3 Å². The van der Waals surface area contributed by atoms with Crippen LogP contribution in [0.4, 0.5) is 4.79 Å². The summed E-state index contributed by atoms with van der Waals surface area (Å²) in [5.41, 5.74) is -0.521. The molecule has 0 aliphatic carbocycles. The fourth-order valence-electron chi connectivity index (χ4n) is 1.69. The van der Waals surface area contributed by atoms with Crippen LogP contribution in [0.2, 0.25) is 0 Å². The Labute approximate surface area is 108 Å². The number of hydrogen-bond acceptors (Lipinski definition) is 4. The SMILES string of the molecule is CC(C)C(=O)[C@@H]1CN(C(=O)OC(C)(C)C)CCO1. The molecule has 1 aliphatic heterocycles. The van der Waals surface area contributed by atoms with Gasteiger partial charge in [-0.25, -0.2) is 4.79 Å². The zero-order chi connectivity index (χ0) is 13.9. The van der Waals surface area contributed by atoms with Crippen LogP contribution in [-0.4, -0.2) is 48.2 Å². The summed E-state index contributed by atoms with van der Waals surface area (Å²) in [4.78, 5) is 25.3. The van der Waals surface area contributed by atoms with Gasteiger partial charge in [0.2, 0.25) is 0 Å². The predicted molar refractivity (Wildman–Crippen MR) is 67.4 cm³/mol. The number of carbonyl (C=O) groups is 2. The molecule has 5 heteroatoms. The fourth-order valence-corrected chi connectivity index (χ4v) is 1.69. The lowest BCUT2D eigenvalue weighted by Crippen LogP contribution is -2.50. The third-order valence-electron chi connectivity index (χ3n) is 2.60. The average Bonchev–Trinajstić information content (AvgIpc) is 2.25. The topological polar surface area (TPSA) is 55.8 Å². The van der Waals surface area contributed by atoms with E-state index in [1.165, 1.54) is 0 Å². The summed E-state index contributed by atoms with van der Waals surface area (Å²) < 4.78 is 10.7. The van der Waals surface area contributed by atoms with Crippen molar-refractivity contribution in [3.63, 3.8) is 0 Å². The third-order valence-corrected chi connectivity index (χ3v) is 2.60. The van der Waals surface area contributed by atoms with Crippen LogP contribution >= 0.6 is 0 Å². The number of ketones is 1. The van der Waals surface area contributed by atoms with Crippen molar-refractivity contribution in [2.75, 3.05) is 19.7 Å².